The Kier molecular flexibility index (Phi) is 2.46. The second-order valence-corrected chi connectivity index (χ2v) is 4.98. The molecule has 1 nitrogen and oxygen atoms in total. The molecule has 0 aliphatic heterocycles. The van der Waals surface area contributed by atoms with Crippen LogP contribution in [0.3, 0.4) is 0 Å². The van der Waals surface area contributed by atoms with Gasteiger partial charge in [-0.1, -0.05) is 35.3 Å². The standard InChI is InChI=1S/C14H8Cl2O/c15-10-3-1-8-5-9-2-4-11(16)7-13(9)14(17)12(8)6-10/h1-4,6-7H,5H2. The van der Waals surface area contributed by atoms with Crippen molar-refractivity contribution in [3.8, 4) is 0 Å². The molecule has 2 aromatic rings. The van der Waals surface area contributed by atoms with E-state index in [1.165, 1.54) is 0 Å². The molecule has 17 heavy (non-hydrogen) atoms. The van der Waals surface area contributed by atoms with Crippen LogP contribution >= 0.6 is 23.2 Å². The van der Waals surface area contributed by atoms with E-state index >= 15 is 0 Å². The number of benzene rings is 2. The van der Waals surface area contributed by atoms with Crippen molar-refractivity contribution in [3.63, 3.8) is 0 Å². The second-order valence-electron chi connectivity index (χ2n) is 4.11. The molecule has 0 bridgehead atoms. The minimum absolute atomic E-state index is 0.00579. The van der Waals surface area contributed by atoms with Gasteiger partial charge < -0.3 is 0 Å². The molecule has 2 aromatic carbocycles. The lowest BCUT2D eigenvalue weighted by molar-refractivity contribution is 0.103. The average molecular weight is 263 g/mol. The molecule has 0 N–H and O–H groups in total. The van der Waals surface area contributed by atoms with Crippen molar-refractivity contribution in [2.45, 2.75) is 6.42 Å². The maximum Gasteiger partial charge on any atom is 0.193 e. The summed E-state index contributed by atoms with van der Waals surface area (Å²) in [6.07, 6.45) is 0.755. The summed E-state index contributed by atoms with van der Waals surface area (Å²) in [5.41, 5.74) is 3.42. The summed E-state index contributed by atoms with van der Waals surface area (Å²) in [5, 5.41) is 1.17. The Morgan fingerprint density at radius 2 is 1.29 bits per heavy atom. The Balaban J connectivity index is 2.21. The number of hydrogen-bond acceptors (Lipinski definition) is 1. The van der Waals surface area contributed by atoms with E-state index in [4.69, 9.17) is 23.2 Å². The molecule has 0 heterocycles. The average Bonchev–Trinajstić information content (AvgIpc) is 2.32. The van der Waals surface area contributed by atoms with Crippen LogP contribution in [0.2, 0.25) is 10.0 Å². The van der Waals surface area contributed by atoms with E-state index in [0.29, 0.717) is 21.2 Å². The van der Waals surface area contributed by atoms with Gasteiger partial charge in [-0.05, 0) is 41.8 Å². The first kappa shape index (κ1) is 10.8. The van der Waals surface area contributed by atoms with E-state index in [1.807, 2.05) is 24.3 Å². The summed E-state index contributed by atoms with van der Waals surface area (Å²) in [6, 6.07) is 10.9. The number of hydrogen-bond donors (Lipinski definition) is 0. The summed E-state index contributed by atoms with van der Waals surface area (Å²) in [4.78, 5) is 12.3. The van der Waals surface area contributed by atoms with Crippen molar-refractivity contribution in [2.75, 3.05) is 0 Å². The summed E-state index contributed by atoms with van der Waals surface area (Å²) in [7, 11) is 0. The molecule has 1 aliphatic carbocycles. The Labute approximate surface area is 109 Å². The third kappa shape index (κ3) is 1.76. The fourth-order valence-electron chi connectivity index (χ4n) is 2.18. The maximum absolute atomic E-state index is 12.3. The van der Waals surface area contributed by atoms with Crippen molar-refractivity contribution >= 4 is 29.0 Å². The minimum atomic E-state index is 0.00579. The fraction of sp³-hybridized carbons (Fsp3) is 0.0714. The lowest BCUT2D eigenvalue weighted by Crippen LogP contribution is -2.14. The summed E-state index contributed by atoms with van der Waals surface area (Å²) >= 11 is 11.8. The van der Waals surface area contributed by atoms with E-state index < -0.39 is 0 Å². The van der Waals surface area contributed by atoms with Crippen molar-refractivity contribution in [2.24, 2.45) is 0 Å². The van der Waals surface area contributed by atoms with Crippen molar-refractivity contribution in [1.82, 2.24) is 0 Å². The summed E-state index contributed by atoms with van der Waals surface area (Å²) in [6.45, 7) is 0. The van der Waals surface area contributed by atoms with Crippen LogP contribution in [0.25, 0.3) is 0 Å². The van der Waals surface area contributed by atoms with Crippen LogP contribution in [0, 0.1) is 0 Å². The first-order valence-electron chi connectivity index (χ1n) is 5.27. The molecule has 3 rings (SSSR count). The summed E-state index contributed by atoms with van der Waals surface area (Å²) in [5.74, 6) is 0.00579. The molecule has 3 heteroatoms. The van der Waals surface area contributed by atoms with E-state index in [1.54, 1.807) is 12.1 Å². The Hall–Kier alpha value is -1.31. The Morgan fingerprint density at radius 1 is 0.824 bits per heavy atom. The largest absolute Gasteiger partial charge is 0.289 e. The highest BCUT2D eigenvalue weighted by molar-refractivity contribution is 6.32. The molecular weight excluding hydrogens is 255 g/mol. The van der Waals surface area contributed by atoms with Crippen LogP contribution < -0.4 is 0 Å². The van der Waals surface area contributed by atoms with Gasteiger partial charge in [-0.25, -0.2) is 0 Å². The van der Waals surface area contributed by atoms with Crippen LogP contribution in [0.15, 0.2) is 36.4 Å². The van der Waals surface area contributed by atoms with Crippen LogP contribution in [-0.2, 0) is 6.42 Å². The maximum atomic E-state index is 12.3. The molecule has 0 radical (unpaired) electrons. The van der Waals surface area contributed by atoms with E-state index in [-0.39, 0.29) is 5.78 Å². The van der Waals surface area contributed by atoms with E-state index in [9.17, 15) is 4.79 Å². The zero-order valence-corrected chi connectivity index (χ0v) is 10.3. The van der Waals surface area contributed by atoms with Gasteiger partial charge in [0.05, 0.1) is 0 Å². The molecule has 1 aliphatic rings. The van der Waals surface area contributed by atoms with Crippen LogP contribution in [0.4, 0.5) is 0 Å². The quantitative estimate of drug-likeness (QED) is 0.596. The zero-order chi connectivity index (χ0) is 12.0. The predicted octanol–water partition coefficient (Wildman–Crippen LogP) is 4.13. The molecule has 84 valence electrons. The van der Waals surface area contributed by atoms with Crippen LogP contribution in [0.5, 0.6) is 0 Å². The number of ketones is 1. The zero-order valence-electron chi connectivity index (χ0n) is 8.84. The SMILES string of the molecule is O=C1c2cc(Cl)ccc2Cc2ccc(Cl)cc21. The highest BCUT2D eigenvalue weighted by atomic mass is 35.5. The van der Waals surface area contributed by atoms with Gasteiger partial charge in [-0.3, -0.25) is 4.79 Å². The lowest BCUT2D eigenvalue weighted by Gasteiger charge is -2.18. The highest BCUT2D eigenvalue weighted by Gasteiger charge is 2.23. The van der Waals surface area contributed by atoms with Crippen LogP contribution in [-0.4, -0.2) is 5.78 Å². The van der Waals surface area contributed by atoms with Gasteiger partial charge >= 0.3 is 0 Å². The summed E-state index contributed by atoms with van der Waals surface area (Å²) < 4.78 is 0. The van der Waals surface area contributed by atoms with Crippen molar-refractivity contribution in [3.05, 3.63) is 68.7 Å². The van der Waals surface area contributed by atoms with Gasteiger partial charge in [0.25, 0.3) is 0 Å². The molecule has 0 fully saturated rings. The second kappa shape index (κ2) is 3.86. The minimum Gasteiger partial charge on any atom is -0.289 e. The first-order valence-corrected chi connectivity index (χ1v) is 6.02. The molecule has 0 saturated heterocycles. The van der Waals surface area contributed by atoms with Gasteiger partial charge in [0.1, 0.15) is 0 Å². The molecule has 0 aromatic heterocycles. The molecule has 0 atom stereocenters. The van der Waals surface area contributed by atoms with Crippen LogP contribution in [0.1, 0.15) is 27.0 Å². The third-order valence-corrected chi connectivity index (χ3v) is 3.48. The van der Waals surface area contributed by atoms with Gasteiger partial charge in [0.15, 0.2) is 5.78 Å². The van der Waals surface area contributed by atoms with Gasteiger partial charge in [-0.2, -0.15) is 0 Å². The lowest BCUT2D eigenvalue weighted by atomic mass is 9.85. The molecule has 0 spiro atoms. The predicted molar refractivity (Wildman–Crippen MR) is 69.1 cm³/mol. The van der Waals surface area contributed by atoms with Gasteiger partial charge in [0, 0.05) is 21.2 Å². The Morgan fingerprint density at radius 3 is 1.76 bits per heavy atom. The number of carbonyl (C=O) groups is 1. The number of halogens is 2. The normalized spacial score (nSPS) is 13.2. The fourth-order valence-corrected chi connectivity index (χ4v) is 2.52. The van der Waals surface area contributed by atoms with E-state index in [2.05, 4.69) is 0 Å². The van der Waals surface area contributed by atoms with E-state index in [0.717, 1.165) is 17.5 Å². The molecular formula is C14H8Cl2O. The highest BCUT2D eigenvalue weighted by Crippen LogP contribution is 2.30. The first-order chi connectivity index (χ1) is 8.15. The van der Waals surface area contributed by atoms with Gasteiger partial charge in [0.2, 0.25) is 0 Å². The smallest absolute Gasteiger partial charge is 0.193 e. The molecule has 0 amide bonds. The number of carbonyl (C=O) groups excluding carboxylic acids is 1. The molecule has 0 saturated carbocycles. The van der Waals surface area contributed by atoms with Gasteiger partial charge in [-0.15, -0.1) is 0 Å². The topological polar surface area (TPSA) is 17.1 Å². The number of rotatable bonds is 0. The third-order valence-electron chi connectivity index (χ3n) is 3.01. The van der Waals surface area contributed by atoms with Crippen molar-refractivity contribution < 1.29 is 4.79 Å². The molecule has 0 unspecified atom stereocenters. The number of fused-ring (bicyclic) bond motifs is 2. The Bertz CT molecular complexity index is 579. The van der Waals surface area contributed by atoms with Crippen molar-refractivity contribution in [1.29, 1.82) is 0 Å². The monoisotopic (exact) mass is 262 g/mol.